The van der Waals surface area contributed by atoms with Crippen molar-refractivity contribution in [3.8, 4) is 0 Å². The van der Waals surface area contributed by atoms with Crippen LogP contribution in [0.2, 0.25) is 0 Å². The summed E-state index contributed by atoms with van der Waals surface area (Å²) in [4.78, 5) is 14.6. The van der Waals surface area contributed by atoms with Gasteiger partial charge in [0.05, 0.1) is 4.90 Å². The molecule has 0 aromatic heterocycles. The second-order valence-electron chi connectivity index (χ2n) is 8.35. The molecule has 1 saturated heterocycles. The first-order chi connectivity index (χ1) is 16.0. The summed E-state index contributed by atoms with van der Waals surface area (Å²) in [5.41, 5.74) is 2.38. The number of rotatable bonds is 10. The minimum Gasteiger partial charge on any atom is -0.378 e. The first-order valence-corrected chi connectivity index (χ1v) is 13.8. The van der Waals surface area contributed by atoms with Gasteiger partial charge in [0.15, 0.2) is 0 Å². The van der Waals surface area contributed by atoms with E-state index in [2.05, 4.69) is 16.6 Å². The van der Waals surface area contributed by atoms with Gasteiger partial charge in [-0.15, -0.1) is 0 Å². The van der Waals surface area contributed by atoms with Crippen molar-refractivity contribution >= 4 is 31.6 Å². The number of nitrogens with one attached hydrogen (secondary N) is 2. The van der Waals surface area contributed by atoms with E-state index in [4.69, 9.17) is 0 Å². The minimum absolute atomic E-state index is 0.0932. The molecular weight excluding hydrogens is 476 g/mol. The van der Waals surface area contributed by atoms with Gasteiger partial charge in [0.25, 0.3) is 5.91 Å². The topological polar surface area (TPSA) is 116 Å². The molecular formula is C23H30N4O5S2. The summed E-state index contributed by atoms with van der Waals surface area (Å²) >= 11 is 0. The molecule has 1 fully saturated rings. The van der Waals surface area contributed by atoms with Crippen LogP contribution < -0.4 is 14.9 Å². The molecule has 1 aliphatic rings. The van der Waals surface area contributed by atoms with Crippen molar-refractivity contribution < 1.29 is 21.6 Å². The van der Waals surface area contributed by atoms with Crippen molar-refractivity contribution in [2.75, 3.05) is 38.6 Å². The monoisotopic (exact) mass is 506 g/mol. The lowest BCUT2D eigenvalue weighted by Gasteiger charge is -2.17. The Morgan fingerprint density at radius 2 is 1.74 bits per heavy atom. The van der Waals surface area contributed by atoms with Gasteiger partial charge in [-0.3, -0.25) is 4.79 Å². The van der Waals surface area contributed by atoms with Gasteiger partial charge in [0, 0.05) is 56.9 Å². The van der Waals surface area contributed by atoms with Gasteiger partial charge >= 0.3 is 0 Å². The molecule has 1 atom stereocenters. The zero-order valence-corrected chi connectivity index (χ0v) is 20.9. The van der Waals surface area contributed by atoms with E-state index in [1.807, 2.05) is 43.3 Å². The molecule has 2 N–H and O–H groups in total. The highest BCUT2D eigenvalue weighted by molar-refractivity contribution is 7.92. The van der Waals surface area contributed by atoms with Crippen molar-refractivity contribution in [2.24, 2.45) is 5.92 Å². The van der Waals surface area contributed by atoms with Gasteiger partial charge in [0.2, 0.25) is 20.0 Å². The van der Waals surface area contributed by atoms with E-state index in [0.717, 1.165) is 16.7 Å². The molecule has 11 heteroatoms. The molecule has 2 aromatic rings. The van der Waals surface area contributed by atoms with Crippen molar-refractivity contribution in [1.82, 2.24) is 14.3 Å². The van der Waals surface area contributed by atoms with E-state index in [1.165, 1.54) is 28.6 Å². The number of carbonyl (C=O) groups is 1. The molecule has 2 aromatic carbocycles. The molecule has 1 amide bonds. The highest BCUT2D eigenvalue weighted by Crippen LogP contribution is 2.24. The fraction of sp³-hybridized carbons (Fsp3) is 0.348. The summed E-state index contributed by atoms with van der Waals surface area (Å²) < 4.78 is 52.7. The second kappa shape index (κ2) is 10.7. The van der Waals surface area contributed by atoms with Crippen LogP contribution >= 0.6 is 0 Å². The quantitative estimate of drug-likeness (QED) is 0.507. The Kier molecular flexibility index (Phi) is 8.13. The fourth-order valence-corrected chi connectivity index (χ4v) is 5.72. The molecule has 0 unspecified atom stereocenters. The van der Waals surface area contributed by atoms with E-state index < -0.39 is 20.0 Å². The van der Waals surface area contributed by atoms with Crippen molar-refractivity contribution in [3.05, 3.63) is 71.6 Å². The molecule has 34 heavy (non-hydrogen) atoms. The van der Waals surface area contributed by atoms with Crippen molar-refractivity contribution in [3.63, 3.8) is 0 Å². The number of hydrogen-bond acceptors (Lipinski definition) is 6. The highest BCUT2D eigenvalue weighted by atomic mass is 32.2. The van der Waals surface area contributed by atoms with E-state index in [1.54, 1.807) is 0 Å². The van der Waals surface area contributed by atoms with E-state index in [0.29, 0.717) is 25.1 Å². The van der Waals surface area contributed by atoms with Gasteiger partial charge < -0.3 is 10.2 Å². The lowest BCUT2D eigenvalue weighted by atomic mass is 10.1. The molecule has 0 aliphatic carbocycles. The average molecular weight is 507 g/mol. The van der Waals surface area contributed by atoms with Crippen LogP contribution in [-0.4, -0.2) is 60.8 Å². The number of carbonyl (C=O) groups excluding carboxylic acids is 1. The maximum absolute atomic E-state index is 13.0. The summed E-state index contributed by atoms with van der Waals surface area (Å²) in [6.07, 6.45) is 0.551. The Morgan fingerprint density at radius 1 is 1.09 bits per heavy atom. The Labute approximate surface area is 201 Å². The maximum Gasteiger partial charge on any atom is 0.251 e. The Balaban J connectivity index is 1.57. The zero-order valence-electron chi connectivity index (χ0n) is 19.3. The summed E-state index contributed by atoms with van der Waals surface area (Å²) in [5, 5.41) is 3.67. The molecule has 1 aliphatic heterocycles. The van der Waals surface area contributed by atoms with E-state index >= 15 is 0 Å². The van der Waals surface area contributed by atoms with Crippen LogP contribution in [-0.2, 0) is 26.6 Å². The summed E-state index contributed by atoms with van der Waals surface area (Å²) in [5.74, 6) is -0.419. The van der Waals surface area contributed by atoms with Gasteiger partial charge in [0.1, 0.15) is 0 Å². The lowest BCUT2D eigenvalue weighted by Crippen LogP contribution is -2.32. The Morgan fingerprint density at radius 3 is 2.32 bits per heavy atom. The molecule has 1 heterocycles. The van der Waals surface area contributed by atoms with Crippen LogP contribution in [0.25, 0.3) is 0 Å². The molecule has 0 radical (unpaired) electrons. The van der Waals surface area contributed by atoms with Gasteiger partial charge in [-0.25, -0.2) is 21.6 Å². The normalized spacial score (nSPS) is 16.8. The Hall–Kier alpha value is -2.73. The Bertz CT molecular complexity index is 1230. The van der Waals surface area contributed by atoms with E-state index in [9.17, 15) is 21.6 Å². The second-order valence-corrected chi connectivity index (χ2v) is 12.0. The predicted octanol–water partition coefficient (Wildman–Crippen LogP) is 1.76. The van der Waals surface area contributed by atoms with Gasteiger partial charge in [-0.2, -0.15) is 4.31 Å². The molecule has 184 valence electrons. The zero-order chi connectivity index (χ0) is 24.9. The first kappa shape index (κ1) is 25.9. The third-order valence-electron chi connectivity index (χ3n) is 5.70. The van der Waals surface area contributed by atoms with Crippen LogP contribution in [0.3, 0.4) is 0 Å². The van der Waals surface area contributed by atoms with Crippen molar-refractivity contribution in [1.29, 1.82) is 0 Å². The third kappa shape index (κ3) is 6.44. The fourth-order valence-electron chi connectivity index (χ4n) is 3.60. The number of benzene rings is 2. The number of nitrogens with zero attached hydrogens (tertiary/aromatic N) is 2. The molecule has 0 bridgehead atoms. The lowest BCUT2D eigenvalue weighted by molar-refractivity contribution is 0.0950. The standard InChI is InChI=1S/C23H30N4O5S2/c1-4-33(29,30)25-16-19-13-14-27(17-19)34(31,32)22-11-7-20(8-12-22)23(28)24-15-18-5-9-21(10-6-18)26(2)3/h4-12,19,25H,1,13-17H2,2-3H3,(H,24,28)/t19-/m1/s1. The number of amides is 1. The summed E-state index contributed by atoms with van der Waals surface area (Å²) in [7, 11) is -3.38. The summed E-state index contributed by atoms with van der Waals surface area (Å²) in [6, 6.07) is 13.6. The van der Waals surface area contributed by atoms with Crippen molar-refractivity contribution in [2.45, 2.75) is 17.9 Å². The predicted molar refractivity (Wildman–Crippen MR) is 132 cm³/mol. The van der Waals surface area contributed by atoms with Gasteiger partial charge in [-0.1, -0.05) is 18.7 Å². The highest BCUT2D eigenvalue weighted by Gasteiger charge is 2.32. The van der Waals surface area contributed by atoms with Crippen LogP contribution in [0, 0.1) is 5.92 Å². The molecule has 9 nitrogen and oxygen atoms in total. The van der Waals surface area contributed by atoms with Crippen LogP contribution in [0.5, 0.6) is 0 Å². The van der Waals surface area contributed by atoms with Crippen LogP contribution in [0.4, 0.5) is 5.69 Å². The summed E-state index contributed by atoms with van der Waals surface area (Å²) in [6.45, 7) is 4.27. The third-order valence-corrected chi connectivity index (χ3v) is 8.59. The van der Waals surface area contributed by atoms with Gasteiger partial charge in [-0.05, 0) is 54.3 Å². The van der Waals surface area contributed by atoms with Crippen LogP contribution in [0.15, 0.2) is 65.4 Å². The molecule has 0 saturated carbocycles. The SMILES string of the molecule is C=CS(=O)(=O)NC[C@H]1CCN(S(=O)(=O)c2ccc(C(=O)NCc3ccc(N(C)C)cc3)cc2)C1. The molecule has 3 rings (SSSR count). The molecule has 0 spiro atoms. The van der Waals surface area contributed by atoms with E-state index in [-0.39, 0.29) is 29.8 Å². The maximum atomic E-state index is 13.0. The number of hydrogen-bond donors (Lipinski definition) is 2. The first-order valence-electron chi connectivity index (χ1n) is 10.8. The number of anilines is 1. The number of sulfonamides is 2. The minimum atomic E-state index is -3.74. The average Bonchev–Trinajstić information content (AvgIpc) is 3.32. The van der Waals surface area contributed by atoms with Crippen LogP contribution in [0.1, 0.15) is 22.3 Å². The largest absolute Gasteiger partial charge is 0.378 e. The smallest absolute Gasteiger partial charge is 0.251 e.